The first kappa shape index (κ1) is 15.3. The zero-order chi connectivity index (χ0) is 14.8. The number of phenolic OH excluding ortho intramolecular Hbond substituents is 1. The van der Waals surface area contributed by atoms with E-state index >= 15 is 0 Å². The van der Waals surface area contributed by atoms with Gasteiger partial charge < -0.3 is 10.4 Å². The van der Waals surface area contributed by atoms with Crippen LogP contribution in [-0.2, 0) is 6.54 Å². The van der Waals surface area contributed by atoms with Gasteiger partial charge in [-0.05, 0) is 29.5 Å². The summed E-state index contributed by atoms with van der Waals surface area (Å²) < 4.78 is 0. The normalized spacial score (nSPS) is 24.8. The van der Waals surface area contributed by atoms with E-state index in [0.717, 1.165) is 19.6 Å². The van der Waals surface area contributed by atoms with Crippen LogP contribution in [0.1, 0.15) is 39.7 Å². The first-order valence-corrected chi connectivity index (χ1v) is 7.65. The monoisotopic (exact) mass is 276 g/mol. The van der Waals surface area contributed by atoms with Crippen molar-refractivity contribution in [3.05, 3.63) is 29.8 Å². The molecule has 0 radical (unpaired) electrons. The maximum Gasteiger partial charge on any atom is 0.115 e. The van der Waals surface area contributed by atoms with E-state index in [1.165, 1.54) is 12.0 Å². The molecule has 2 N–H and O–H groups in total. The van der Waals surface area contributed by atoms with Crippen LogP contribution >= 0.6 is 0 Å². The molecular formula is C17H28N2O. The summed E-state index contributed by atoms with van der Waals surface area (Å²) in [6.45, 7) is 12.3. The summed E-state index contributed by atoms with van der Waals surface area (Å²) in [6.07, 6.45) is 1.17. The minimum Gasteiger partial charge on any atom is -0.508 e. The lowest BCUT2D eigenvalue weighted by atomic mass is 9.84. The van der Waals surface area contributed by atoms with Crippen molar-refractivity contribution in [1.29, 1.82) is 0 Å². The summed E-state index contributed by atoms with van der Waals surface area (Å²) in [5.41, 5.74) is 1.56. The molecule has 1 aromatic rings. The van der Waals surface area contributed by atoms with E-state index in [-0.39, 0.29) is 5.41 Å². The highest BCUT2D eigenvalue weighted by Crippen LogP contribution is 2.25. The van der Waals surface area contributed by atoms with Gasteiger partial charge in [0.2, 0.25) is 0 Å². The van der Waals surface area contributed by atoms with E-state index in [1.54, 1.807) is 12.1 Å². The van der Waals surface area contributed by atoms with E-state index in [1.807, 2.05) is 12.1 Å². The fourth-order valence-corrected chi connectivity index (χ4v) is 2.87. The highest BCUT2D eigenvalue weighted by atomic mass is 16.3. The van der Waals surface area contributed by atoms with Crippen LogP contribution in [0.25, 0.3) is 0 Å². The van der Waals surface area contributed by atoms with Crippen molar-refractivity contribution in [2.45, 2.75) is 52.7 Å². The number of benzene rings is 1. The maximum absolute atomic E-state index is 9.39. The number of nitrogens with zero attached hydrogens (tertiary/aromatic N) is 1. The molecule has 3 heteroatoms. The molecule has 112 valence electrons. The molecular weight excluding hydrogens is 248 g/mol. The first-order valence-electron chi connectivity index (χ1n) is 7.65. The van der Waals surface area contributed by atoms with Gasteiger partial charge in [0, 0.05) is 31.7 Å². The van der Waals surface area contributed by atoms with Crippen LogP contribution in [0.15, 0.2) is 24.3 Å². The van der Waals surface area contributed by atoms with E-state index < -0.39 is 0 Å². The molecule has 2 atom stereocenters. The van der Waals surface area contributed by atoms with E-state index in [2.05, 4.69) is 37.9 Å². The molecule has 1 heterocycles. The van der Waals surface area contributed by atoms with Crippen molar-refractivity contribution in [3.63, 3.8) is 0 Å². The molecule has 1 aromatic carbocycles. The Labute approximate surface area is 123 Å². The van der Waals surface area contributed by atoms with Crippen LogP contribution in [0.5, 0.6) is 5.75 Å². The molecule has 0 saturated carbocycles. The predicted molar refractivity (Wildman–Crippen MR) is 83.8 cm³/mol. The highest BCUT2D eigenvalue weighted by Gasteiger charge is 2.33. The second-order valence-corrected chi connectivity index (χ2v) is 6.98. The fraction of sp³-hybridized carbons (Fsp3) is 0.647. The zero-order valence-corrected chi connectivity index (χ0v) is 13.2. The van der Waals surface area contributed by atoms with Gasteiger partial charge in [-0.3, -0.25) is 4.90 Å². The molecule has 1 aliphatic heterocycles. The molecule has 0 aliphatic carbocycles. The van der Waals surface area contributed by atoms with Gasteiger partial charge in [-0.1, -0.05) is 39.8 Å². The summed E-state index contributed by atoms with van der Waals surface area (Å²) in [5.74, 6) is 0.341. The smallest absolute Gasteiger partial charge is 0.115 e. The van der Waals surface area contributed by atoms with Gasteiger partial charge in [0.1, 0.15) is 5.75 Å². The number of phenols is 1. The second-order valence-electron chi connectivity index (χ2n) is 6.98. The van der Waals surface area contributed by atoms with Crippen LogP contribution in [0.2, 0.25) is 0 Å². The number of nitrogens with one attached hydrogen (secondary N) is 1. The summed E-state index contributed by atoms with van der Waals surface area (Å²) >= 11 is 0. The van der Waals surface area contributed by atoms with Crippen LogP contribution in [-0.4, -0.2) is 35.2 Å². The average molecular weight is 276 g/mol. The quantitative estimate of drug-likeness (QED) is 0.891. The van der Waals surface area contributed by atoms with Gasteiger partial charge in [0.15, 0.2) is 0 Å². The largest absolute Gasteiger partial charge is 0.508 e. The number of aromatic hydroxyl groups is 1. The molecule has 1 saturated heterocycles. The van der Waals surface area contributed by atoms with Gasteiger partial charge in [-0.15, -0.1) is 0 Å². The zero-order valence-electron chi connectivity index (χ0n) is 13.2. The van der Waals surface area contributed by atoms with Crippen molar-refractivity contribution in [3.8, 4) is 5.75 Å². The van der Waals surface area contributed by atoms with E-state index in [4.69, 9.17) is 0 Å². The fourth-order valence-electron chi connectivity index (χ4n) is 2.87. The molecule has 20 heavy (non-hydrogen) atoms. The maximum atomic E-state index is 9.39. The number of rotatable bonds is 3. The topological polar surface area (TPSA) is 35.5 Å². The Bertz CT molecular complexity index is 422. The summed E-state index contributed by atoms with van der Waals surface area (Å²) in [5, 5.41) is 13.1. The van der Waals surface area contributed by atoms with Crippen LogP contribution in [0, 0.1) is 5.41 Å². The van der Waals surface area contributed by atoms with Gasteiger partial charge in [-0.25, -0.2) is 0 Å². The summed E-state index contributed by atoms with van der Waals surface area (Å²) in [6, 6.07) is 8.73. The third-order valence-corrected chi connectivity index (χ3v) is 4.37. The van der Waals surface area contributed by atoms with Crippen molar-refractivity contribution in [2.75, 3.05) is 13.1 Å². The lowest BCUT2D eigenvalue weighted by Crippen LogP contribution is -2.59. The highest BCUT2D eigenvalue weighted by molar-refractivity contribution is 5.25. The summed E-state index contributed by atoms with van der Waals surface area (Å²) in [7, 11) is 0. The van der Waals surface area contributed by atoms with Crippen molar-refractivity contribution in [1.82, 2.24) is 10.2 Å². The third-order valence-electron chi connectivity index (χ3n) is 4.37. The molecule has 0 spiro atoms. The molecule has 2 rings (SSSR count). The Hall–Kier alpha value is -1.06. The van der Waals surface area contributed by atoms with Gasteiger partial charge in [-0.2, -0.15) is 0 Å². The number of hydrogen-bond acceptors (Lipinski definition) is 3. The van der Waals surface area contributed by atoms with Gasteiger partial charge in [0.25, 0.3) is 0 Å². The Morgan fingerprint density at radius 2 is 1.90 bits per heavy atom. The minimum atomic E-state index is 0.284. The number of piperazine rings is 1. The standard InChI is InChI=1S/C17H28N2O/c1-5-14-10-18-16(17(2,3)4)12-19(14)11-13-6-8-15(20)9-7-13/h6-9,14,16,18,20H,5,10-12H2,1-4H3. The van der Waals surface area contributed by atoms with Crippen molar-refractivity contribution in [2.24, 2.45) is 5.41 Å². The van der Waals surface area contributed by atoms with Crippen molar-refractivity contribution < 1.29 is 5.11 Å². The molecule has 0 amide bonds. The third kappa shape index (κ3) is 3.74. The van der Waals surface area contributed by atoms with Crippen LogP contribution in [0.3, 0.4) is 0 Å². The lowest BCUT2D eigenvalue weighted by Gasteiger charge is -2.45. The van der Waals surface area contributed by atoms with Gasteiger partial charge in [0.05, 0.1) is 0 Å². The van der Waals surface area contributed by atoms with Crippen molar-refractivity contribution >= 4 is 0 Å². The molecule has 1 aliphatic rings. The van der Waals surface area contributed by atoms with Gasteiger partial charge >= 0.3 is 0 Å². The summed E-state index contributed by atoms with van der Waals surface area (Å²) in [4.78, 5) is 2.58. The Balaban J connectivity index is 2.07. The Morgan fingerprint density at radius 1 is 1.25 bits per heavy atom. The molecule has 2 unspecified atom stereocenters. The lowest BCUT2D eigenvalue weighted by molar-refractivity contribution is 0.0775. The first-order chi connectivity index (χ1) is 9.40. The molecule has 0 bridgehead atoms. The second kappa shape index (κ2) is 6.15. The average Bonchev–Trinajstić information content (AvgIpc) is 2.40. The van der Waals surface area contributed by atoms with E-state index in [9.17, 15) is 5.11 Å². The van der Waals surface area contributed by atoms with Crippen LogP contribution in [0.4, 0.5) is 0 Å². The predicted octanol–water partition coefficient (Wildman–Crippen LogP) is 2.99. The SMILES string of the molecule is CCC1CNC(C(C)(C)C)CN1Cc1ccc(O)cc1. The van der Waals surface area contributed by atoms with Crippen LogP contribution < -0.4 is 5.32 Å². The minimum absolute atomic E-state index is 0.284. The number of hydrogen-bond donors (Lipinski definition) is 2. The molecule has 3 nitrogen and oxygen atoms in total. The molecule has 1 fully saturated rings. The Kier molecular flexibility index (Phi) is 4.71. The Morgan fingerprint density at radius 3 is 2.45 bits per heavy atom. The molecule has 0 aromatic heterocycles. The van der Waals surface area contributed by atoms with E-state index in [0.29, 0.717) is 17.8 Å².